The molecule has 3 aromatic carbocycles. The molecule has 0 saturated carbocycles. The highest BCUT2D eigenvalue weighted by Gasteiger charge is 2.23. The van der Waals surface area contributed by atoms with E-state index in [4.69, 9.17) is 21.8 Å². The number of carbonyl (C=O) groups is 3. The number of hydrogen-bond acceptors (Lipinski definition) is 5. The standard InChI is InChI=1S/C27H30ClN3O.C4H6O4/c1-27(2,22-6-4-3-5-7-22)31-26(32)21-10-8-19(9-11-21)18-30-25-23-15-17-29-16-14-20(23)12-13-24(25)28;5-3(6)1-2-4(7)8/h3-13,29-30H,14-18H2,1-2H3,(H,31,32);1-2H2,(H,5,6)(H,7,8). The van der Waals surface area contributed by atoms with Crippen LogP contribution in [0.25, 0.3) is 0 Å². The summed E-state index contributed by atoms with van der Waals surface area (Å²) in [6.45, 7) is 6.64. The Morgan fingerprint density at radius 1 is 0.875 bits per heavy atom. The number of aliphatic carboxylic acids is 2. The van der Waals surface area contributed by atoms with E-state index >= 15 is 0 Å². The van der Waals surface area contributed by atoms with E-state index in [-0.39, 0.29) is 18.7 Å². The van der Waals surface area contributed by atoms with Gasteiger partial charge in [-0.15, -0.1) is 0 Å². The molecule has 0 bridgehead atoms. The third-order valence-corrected chi connectivity index (χ3v) is 6.96. The zero-order valence-electron chi connectivity index (χ0n) is 22.8. The van der Waals surface area contributed by atoms with Crippen molar-refractivity contribution in [3.8, 4) is 0 Å². The normalized spacial score (nSPS) is 12.7. The van der Waals surface area contributed by atoms with E-state index in [1.54, 1.807) is 0 Å². The Morgan fingerprint density at radius 3 is 2.12 bits per heavy atom. The smallest absolute Gasteiger partial charge is 0.303 e. The summed E-state index contributed by atoms with van der Waals surface area (Å²) in [5.41, 5.74) is 6.06. The fourth-order valence-electron chi connectivity index (χ4n) is 4.40. The van der Waals surface area contributed by atoms with E-state index in [0.717, 1.165) is 47.8 Å². The minimum atomic E-state index is -1.08. The average Bonchev–Trinajstić information content (AvgIpc) is 3.18. The predicted molar refractivity (Wildman–Crippen MR) is 157 cm³/mol. The molecule has 4 rings (SSSR count). The molecule has 0 atom stereocenters. The van der Waals surface area contributed by atoms with Crippen LogP contribution in [0.15, 0.2) is 66.7 Å². The van der Waals surface area contributed by atoms with Crippen molar-refractivity contribution in [2.75, 3.05) is 18.4 Å². The lowest BCUT2D eigenvalue weighted by Gasteiger charge is -2.27. The topological polar surface area (TPSA) is 128 Å². The molecule has 0 aliphatic carbocycles. The van der Waals surface area contributed by atoms with Crippen molar-refractivity contribution in [2.45, 2.75) is 51.6 Å². The molecule has 1 heterocycles. The SMILES string of the molecule is CC(C)(NC(=O)c1ccc(CNc2c(Cl)ccc3c2CCNCC3)cc1)c1ccccc1.O=C(O)CCC(=O)O. The Bertz CT molecular complexity index is 1300. The van der Waals surface area contributed by atoms with Gasteiger partial charge < -0.3 is 26.2 Å². The van der Waals surface area contributed by atoms with Gasteiger partial charge in [0, 0.05) is 12.1 Å². The molecular weight excluding hydrogens is 530 g/mol. The van der Waals surface area contributed by atoms with Gasteiger partial charge in [-0.2, -0.15) is 0 Å². The molecule has 1 aliphatic rings. The van der Waals surface area contributed by atoms with Crippen molar-refractivity contribution in [2.24, 2.45) is 0 Å². The van der Waals surface area contributed by atoms with Gasteiger partial charge in [-0.25, -0.2) is 0 Å². The summed E-state index contributed by atoms with van der Waals surface area (Å²) < 4.78 is 0. The number of anilines is 1. The fraction of sp³-hybridized carbons (Fsp3) is 0.323. The van der Waals surface area contributed by atoms with Crippen molar-refractivity contribution >= 4 is 35.1 Å². The van der Waals surface area contributed by atoms with Crippen molar-refractivity contribution in [3.63, 3.8) is 0 Å². The molecule has 0 fully saturated rings. The predicted octanol–water partition coefficient (Wildman–Crippen LogP) is 5.24. The molecule has 40 heavy (non-hydrogen) atoms. The van der Waals surface area contributed by atoms with E-state index in [1.807, 2.05) is 74.5 Å². The molecule has 5 N–H and O–H groups in total. The molecule has 212 valence electrons. The van der Waals surface area contributed by atoms with Crippen LogP contribution >= 0.6 is 11.6 Å². The van der Waals surface area contributed by atoms with Gasteiger partial charge in [0.2, 0.25) is 0 Å². The van der Waals surface area contributed by atoms with Gasteiger partial charge in [0.1, 0.15) is 0 Å². The van der Waals surface area contributed by atoms with E-state index in [1.165, 1.54) is 11.1 Å². The molecule has 1 amide bonds. The second-order valence-electron chi connectivity index (χ2n) is 10.1. The fourth-order valence-corrected chi connectivity index (χ4v) is 4.64. The number of halogens is 1. The Labute approximate surface area is 239 Å². The number of hydrogen-bond donors (Lipinski definition) is 5. The molecule has 1 aliphatic heterocycles. The van der Waals surface area contributed by atoms with Crippen LogP contribution in [0.1, 0.15) is 59.3 Å². The highest BCUT2D eigenvalue weighted by molar-refractivity contribution is 6.33. The average molecular weight is 566 g/mol. The lowest BCUT2D eigenvalue weighted by Crippen LogP contribution is -2.40. The quantitative estimate of drug-likeness (QED) is 0.240. The van der Waals surface area contributed by atoms with Crippen molar-refractivity contribution in [1.82, 2.24) is 10.6 Å². The number of carboxylic acid groups (broad SMARTS) is 2. The van der Waals surface area contributed by atoms with Gasteiger partial charge in [-0.3, -0.25) is 14.4 Å². The van der Waals surface area contributed by atoms with Crippen LogP contribution in [0.2, 0.25) is 5.02 Å². The number of benzene rings is 3. The van der Waals surface area contributed by atoms with Crippen molar-refractivity contribution in [3.05, 3.63) is 99.6 Å². The third kappa shape index (κ3) is 9.10. The Morgan fingerprint density at radius 2 is 1.50 bits per heavy atom. The number of amides is 1. The zero-order valence-corrected chi connectivity index (χ0v) is 23.6. The van der Waals surface area contributed by atoms with Crippen LogP contribution in [0.3, 0.4) is 0 Å². The Balaban J connectivity index is 0.000000482. The van der Waals surface area contributed by atoms with Crippen LogP contribution in [0.5, 0.6) is 0 Å². The summed E-state index contributed by atoms with van der Waals surface area (Å²) in [7, 11) is 0. The van der Waals surface area contributed by atoms with Crippen LogP contribution in [-0.2, 0) is 34.5 Å². The maximum Gasteiger partial charge on any atom is 0.303 e. The summed E-state index contributed by atoms with van der Waals surface area (Å²) in [5, 5.41) is 26.7. The second-order valence-corrected chi connectivity index (χ2v) is 10.5. The lowest BCUT2D eigenvalue weighted by molar-refractivity contribution is -0.143. The lowest BCUT2D eigenvalue weighted by atomic mass is 9.94. The molecule has 9 heteroatoms. The van der Waals surface area contributed by atoms with Gasteiger partial charge in [0.05, 0.1) is 29.1 Å². The zero-order chi connectivity index (χ0) is 29.1. The van der Waals surface area contributed by atoms with E-state index in [2.05, 4.69) is 22.0 Å². The summed E-state index contributed by atoms with van der Waals surface area (Å²) in [4.78, 5) is 32.1. The number of fused-ring (bicyclic) bond motifs is 1. The summed E-state index contributed by atoms with van der Waals surface area (Å²) >= 11 is 6.52. The maximum atomic E-state index is 12.8. The van der Waals surface area contributed by atoms with E-state index in [0.29, 0.717) is 12.1 Å². The molecule has 0 spiro atoms. The first-order valence-corrected chi connectivity index (χ1v) is 13.6. The van der Waals surface area contributed by atoms with Crippen LogP contribution in [0, 0.1) is 0 Å². The van der Waals surface area contributed by atoms with Gasteiger partial charge in [0.25, 0.3) is 5.91 Å². The summed E-state index contributed by atoms with van der Waals surface area (Å²) in [6, 6.07) is 21.9. The van der Waals surface area contributed by atoms with Gasteiger partial charge in [-0.1, -0.05) is 60.1 Å². The van der Waals surface area contributed by atoms with Crippen LogP contribution < -0.4 is 16.0 Å². The first-order chi connectivity index (χ1) is 19.1. The summed E-state index contributed by atoms with van der Waals surface area (Å²) in [6.07, 6.45) is 1.39. The molecule has 0 aromatic heterocycles. The number of rotatable bonds is 9. The van der Waals surface area contributed by atoms with Gasteiger partial charge >= 0.3 is 11.9 Å². The first-order valence-electron chi connectivity index (χ1n) is 13.2. The van der Waals surface area contributed by atoms with E-state index in [9.17, 15) is 14.4 Å². The van der Waals surface area contributed by atoms with Crippen LogP contribution in [0.4, 0.5) is 5.69 Å². The van der Waals surface area contributed by atoms with Crippen LogP contribution in [-0.4, -0.2) is 41.1 Å². The molecule has 0 unspecified atom stereocenters. The maximum absolute atomic E-state index is 12.8. The summed E-state index contributed by atoms with van der Waals surface area (Å²) in [5.74, 6) is -2.23. The first kappa shape index (κ1) is 30.7. The minimum absolute atomic E-state index is 0.0812. The monoisotopic (exact) mass is 565 g/mol. The number of carbonyl (C=O) groups excluding carboxylic acids is 1. The molecular formula is C31H36ClN3O5. The minimum Gasteiger partial charge on any atom is -0.481 e. The van der Waals surface area contributed by atoms with Crippen molar-refractivity contribution in [1.29, 1.82) is 0 Å². The third-order valence-electron chi connectivity index (χ3n) is 6.64. The molecule has 0 radical (unpaired) electrons. The van der Waals surface area contributed by atoms with E-state index < -0.39 is 17.5 Å². The van der Waals surface area contributed by atoms with Gasteiger partial charge in [0.15, 0.2) is 0 Å². The highest BCUT2D eigenvalue weighted by Crippen LogP contribution is 2.31. The Hall–Kier alpha value is -3.88. The largest absolute Gasteiger partial charge is 0.481 e. The van der Waals surface area contributed by atoms with Crippen molar-refractivity contribution < 1.29 is 24.6 Å². The van der Waals surface area contributed by atoms with Gasteiger partial charge in [-0.05, 0) is 80.2 Å². The highest BCUT2D eigenvalue weighted by atomic mass is 35.5. The molecule has 0 saturated heterocycles. The second kappa shape index (κ2) is 14.5. The number of nitrogens with one attached hydrogen (secondary N) is 3. The molecule has 8 nitrogen and oxygen atoms in total. The Kier molecular flexibility index (Phi) is 11.1. The molecule has 3 aromatic rings. The number of carboxylic acids is 2.